The van der Waals surface area contributed by atoms with Gasteiger partial charge in [-0.1, -0.05) is 0 Å². The van der Waals surface area contributed by atoms with Crippen LogP contribution in [-0.4, -0.2) is 12.8 Å². The van der Waals surface area contributed by atoms with Crippen molar-refractivity contribution in [2.75, 3.05) is 11.4 Å². The van der Waals surface area contributed by atoms with Crippen LogP contribution in [0.2, 0.25) is 0 Å². The summed E-state index contributed by atoms with van der Waals surface area (Å²) < 4.78 is 44.7. The van der Waals surface area contributed by atoms with Gasteiger partial charge < -0.3 is 9.32 Å². The highest BCUT2D eigenvalue weighted by Gasteiger charge is 2.35. The number of hydrogen-bond acceptors (Lipinski definition) is 3. The molecule has 112 valence electrons. The summed E-state index contributed by atoms with van der Waals surface area (Å²) in [5.41, 5.74) is -0.785. The Morgan fingerprint density at radius 1 is 1.29 bits per heavy atom. The molecule has 2 aromatic rings. The van der Waals surface area contributed by atoms with Gasteiger partial charge in [-0.2, -0.15) is 13.2 Å². The first kappa shape index (κ1) is 15.2. The zero-order valence-electron chi connectivity index (χ0n) is 11.4. The Morgan fingerprint density at radius 2 is 2.05 bits per heavy atom. The second kappa shape index (κ2) is 6.03. The Hall–Kier alpha value is -2.24. The summed E-state index contributed by atoms with van der Waals surface area (Å²) in [6.07, 6.45) is -2.64. The number of benzene rings is 1. The fourth-order valence-corrected chi connectivity index (χ4v) is 2.09. The van der Waals surface area contributed by atoms with E-state index in [1.54, 1.807) is 24.0 Å². The Bertz CT molecular complexity index is 606. The molecular formula is C15H14F3NO2. The van der Waals surface area contributed by atoms with E-state index >= 15 is 0 Å². The van der Waals surface area contributed by atoms with E-state index in [4.69, 9.17) is 4.42 Å². The molecule has 3 nitrogen and oxygen atoms in total. The number of rotatable bonds is 5. The topological polar surface area (TPSA) is 33.5 Å². The van der Waals surface area contributed by atoms with Gasteiger partial charge >= 0.3 is 6.18 Å². The second-order valence-electron chi connectivity index (χ2n) is 4.49. The fourth-order valence-electron chi connectivity index (χ4n) is 2.09. The van der Waals surface area contributed by atoms with Crippen molar-refractivity contribution in [3.05, 3.63) is 53.5 Å². The number of halogens is 3. The van der Waals surface area contributed by atoms with E-state index in [-0.39, 0.29) is 17.8 Å². The fraction of sp³-hybridized carbons (Fsp3) is 0.267. The predicted molar refractivity (Wildman–Crippen MR) is 72.3 cm³/mol. The van der Waals surface area contributed by atoms with Gasteiger partial charge in [-0.15, -0.1) is 0 Å². The Labute approximate surface area is 120 Å². The third-order valence-electron chi connectivity index (χ3n) is 3.11. The first-order valence-electron chi connectivity index (χ1n) is 6.39. The molecule has 0 aliphatic rings. The van der Waals surface area contributed by atoms with Gasteiger partial charge in [0.15, 0.2) is 0 Å². The highest BCUT2D eigenvalue weighted by atomic mass is 19.4. The molecule has 21 heavy (non-hydrogen) atoms. The van der Waals surface area contributed by atoms with Crippen LogP contribution in [-0.2, 0) is 12.7 Å². The van der Waals surface area contributed by atoms with E-state index in [1.165, 1.54) is 18.4 Å². The van der Waals surface area contributed by atoms with Crippen LogP contribution in [0.1, 0.15) is 28.6 Å². The van der Waals surface area contributed by atoms with Crippen LogP contribution in [0.25, 0.3) is 0 Å². The highest BCUT2D eigenvalue weighted by molar-refractivity contribution is 5.77. The monoisotopic (exact) mass is 297 g/mol. The molecule has 1 aromatic heterocycles. The molecule has 0 aliphatic carbocycles. The van der Waals surface area contributed by atoms with E-state index in [9.17, 15) is 18.0 Å². The molecule has 2 rings (SSSR count). The Kier molecular flexibility index (Phi) is 4.35. The first-order chi connectivity index (χ1) is 9.95. The maximum absolute atomic E-state index is 13.2. The number of alkyl halides is 3. The summed E-state index contributed by atoms with van der Waals surface area (Å²) in [7, 11) is 0. The number of furan rings is 1. The summed E-state index contributed by atoms with van der Waals surface area (Å²) in [5.74, 6) is 0.574. The lowest BCUT2D eigenvalue weighted by Crippen LogP contribution is -2.25. The normalized spacial score (nSPS) is 11.4. The molecule has 0 unspecified atom stereocenters. The number of hydrogen-bond donors (Lipinski definition) is 0. The summed E-state index contributed by atoms with van der Waals surface area (Å²) >= 11 is 0. The van der Waals surface area contributed by atoms with Crippen molar-refractivity contribution in [3.8, 4) is 0 Å². The molecule has 1 aromatic carbocycles. The standard InChI is InChI=1S/C15H14F3NO2/c1-2-19(9-12-4-3-7-21-12)14-6-5-11(10-20)8-13(14)15(16,17)18/h3-8,10H,2,9H2,1H3. The van der Waals surface area contributed by atoms with E-state index in [0.717, 1.165) is 6.07 Å². The quantitative estimate of drug-likeness (QED) is 0.778. The van der Waals surface area contributed by atoms with Gasteiger partial charge in [0.25, 0.3) is 0 Å². The van der Waals surface area contributed by atoms with Crippen LogP contribution < -0.4 is 4.90 Å². The van der Waals surface area contributed by atoms with Gasteiger partial charge in [0, 0.05) is 17.8 Å². The molecular weight excluding hydrogens is 283 g/mol. The van der Waals surface area contributed by atoms with Crippen LogP contribution in [0.5, 0.6) is 0 Å². The average Bonchev–Trinajstić information content (AvgIpc) is 2.96. The van der Waals surface area contributed by atoms with Crippen LogP contribution in [0.3, 0.4) is 0 Å². The second-order valence-corrected chi connectivity index (χ2v) is 4.49. The summed E-state index contributed by atoms with van der Waals surface area (Å²) in [6, 6.07) is 6.95. The molecule has 0 aliphatic heterocycles. The van der Waals surface area contributed by atoms with Crippen LogP contribution in [0.4, 0.5) is 18.9 Å². The van der Waals surface area contributed by atoms with Crippen LogP contribution in [0.15, 0.2) is 41.0 Å². The van der Waals surface area contributed by atoms with Crippen LogP contribution in [0, 0.1) is 0 Å². The van der Waals surface area contributed by atoms with Gasteiger partial charge in [-0.3, -0.25) is 4.79 Å². The lowest BCUT2D eigenvalue weighted by molar-refractivity contribution is -0.137. The molecule has 0 spiro atoms. The van der Waals surface area contributed by atoms with Crippen molar-refractivity contribution in [2.24, 2.45) is 0 Å². The molecule has 0 atom stereocenters. The number of aldehydes is 1. The van der Waals surface area contributed by atoms with Crippen molar-refractivity contribution in [1.82, 2.24) is 0 Å². The Balaban J connectivity index is 2.42. The summed E-state index contributed by atoms with van der Waals surface area (Å²) in [6.45, 7) is 2.37. The van der Waals surface area contributed by atoms with Crippen molar-refractivity contribution >= 4 is 12.0 Å². The lowest BCUT2D eigenvalue weighted by atomic mass is 10.1. The number of anilines is 1. The molecule has 0 fully saturated rings. The molecule has 0 amide bonds. The van der Waals surface area contributed by atoms with E-state index < -0.39 is 11.7 Å². The highest BCUT2D eigenvalue weighted by Crippen LogP contribution is 2.37. The molecule has 0 radical (unpaired) electrons. The average molecular weight is 297 g/mol. The third kappa shape index (κ3) is 3.45. The van der Waals surface area contributed by atoms with Gasteiger partial charge in [0.2, 0.25) is 0 Å². The van der Waals surface area contributed by atoms with Crippen molar-refractivity contribution in [2.45, 2.75) is 19.6 Å². The van der Waals surface area contributed by atoms with Crippen LogP contribution >= 0.6 is 0 Å². The SMILES string of the molecule is CCN(Cc1ccco1)c1ccc(C=O)cc1C(F)(F)F. The Morgan fingerprint density at radius 3 is 2.57 bits per heavy atom. The minimum absolute atomic E-state index is 0.000117. The minimum atomic E-state index is -4.52. The molecule has 0 N–H and O–H groups in total. The molecule has 1 heterocycles. The molecule has 0 saturated carbocycles. The maximum atomic E-state index is 13.2. The molecule has 0 bridgehead atoms. The zero-order chi connectivity index (χ0) is 15.5. The number of carbonyl (C=O) groups is 1. The maximum Gasteiger partial charge on any atom is 0.418 e. The van der Waals surface area contributed by atoms with Crippen molar-refractivity contribution < 1.29 is 22.4 Å². The summed E-state index contributed by atoms with van der Waals surface area (Å²) in [4.78, 5) is 12.2. The lowest BCUT2D eigenvalue weighted by Gasteiger charge is -2.25. The smallest absolute Gasteiger partial charge is 0.418 e. The van der Waals surface area contributed by atoms with Gasteiger partial charge in [-0.25, -0.2) is 0 Å². The van der Waals surface area contributed by atoms with Gasteiger partial charge in [0.05, 0.1) is 18.4 Å². The van der Waals surface area contributed by atoms with Crippen molar-refractivity contribution in [3.63, 3.8) is 0 Å². The molecule has 6 heteroatoms. The van der Waals surface area contributed by atoms with E-state index in [1.807, 2.05) is 0 Å². The predicted octanol–water partition coefficient (Wildman–Crippen LogP) is 4.14. The minimum Gasteiger partial charge on any atom is -0.467 e. The first-order valence-corrected chi connectivity index (χ1v) is 6.39. The van der Waals surface area contributed by atoms with E-state index in [0.29, 0.717) is 18.6 Å². The molecule has 0 saturated heterocycles. The zero-order valence-corrected chi connectivity index (χ0v) is 11.4. The van der Waals surface area contributed by atoms with Gasteiger partial charge in [0.1, 0.15) is 12.0 Å². The summed E-state index contributed by atoms with van der Waals surface area (Å²) in [5, 5.41) is 0. The van der Waals surface area contributed by atoms with Crippen molar-refractivity contribution in [1.29, 1.82) is 0 Å². The number of nitrogens with zero attached hydrogens (tertiary/aromatic N) is 1. The largest absolute Gasteiger partial charge is 0.467 e. The third-order valence-corrected chi connectivity index (χ3v) is 3.11. The van der Waals surface area contributed by atoms with E-state index in [2.05, 4.69) is 0 Å². The van der Waals surface area contributed by atoms with Gasteiger partial charge in [-0.05, 0) is 37.3 Å². The number of carbonyl (C=O) groups excluding carboxylic acids is 1.